The smallest absolute Gasteiger partial charge is 0.317 e. The third-order valence-corrected chi connectivity index (χ3v) is 5.51. The second kappa shape index (κ2) is 8.01. The van der Waals surface area contributed by atoms with Crippen molar-refractivity contribution in [3.8, 4) is 0 Å². The Morgan fingerprint density at radius 2 is 2.17 bits per heavy atom. The third kappa shape index (κ3) is 4.09. The largest absolute Gasteiger partial charge is 0.379 e. The minimum atomic E-state index is 0.0773. The summed E-state index contributed by atoms with van der Waals surface area (Å²) in [5.41, 5.74) is 0. The van der Waals surface area contributed by atoms with Crippen LogP contribution in [-0.4, -0.2) is 52.8 Å². The Morgan fingerprint density at radius 1 is 1.33 bits per heavy atom. The lowest BCUT2D eigenvalue weighted by atomic mass is 9.92. The van der Waals surface area contributed by atoms with Crippen LogP contribution in [0.3, 0.4) is 0 Å². The number of aryl methyl sites for hydroxylation is 1. The van der Waals surface area contributed by atoms with Gasteiger partial charge in [-0.05, 0) is 31.6 Å². The van der Waals surface area contributed by atoms with E-state index < -0.39 is 0 Å². The number of hydrogen-bond acceptors (Lipinski definition) is 3. The van der Waals surface area contributed by atoms with E-state index >= 15 is 0 Å². The quantitative estimate of drug-likeness (QED) is 0.919. The topological polar surface area (TPSA) is 59.4 Å². The molecule has 6 nitrogen and oxygen atoms in total. The zero-order valence-corrected chi connectivity index (χ0v) is 14.9. The van der Waals surface area contributed by atoms with Crippen molar-refractivity contribution in [2.24, 2.45) is 13.0 Å². The van der Waals surface area contributed by atoms with Crippen molar-refractivity contribution >= 4 is 6.03 Å². The number of aromatic nitrogens is 2. The van der Waals surface area contributed by atoms with Crippen LogP contribution in [0.5, 0.6) is 0 Å². The minimum absolute atomic E-state index is 0.0773. The van der Waals surface area contributed by atoms with Crippen LogP contribution in [0.2, 0.25) is 0 Å². The number of nitrogens with one attached hydrogen (secondary N) is 1. The van der Waals surface area contributed by atoms with Gasteiger partial charge in [-0.1, -0.05) is 12.8 Å². The van der Waals surface area contributed by atoms with Gasteiger partial charge in [0.1, 0.15) is 5.82 Å². The van der Waals surface area contributed by atoms with E-state index in [9.17, 15) is 4.79 Å². The van der Waals surface area contributed by atoms with E-state index in [1.54, 1.807) is 7.11 Å². The van der Waals surface area contributed by atoms with E-state index in [0.717, 1.165) is 44.6 Å². The Morgan fingerprint density at radius 3 is 2.92 bits per heavy atom. The van der Waals surface area contributed by atoms with Crippen LogP contribution in [0.4, 0.5) is 4.79 Å². The Hall–Kier alpha value is -1.56. The van der Waals surface area contributed by atoms with Crippen LogP contribution in [0, 0.1) is 5.92 Å². The fourth-order valence-electron chi connectivity index (χ4n) is 4.06. The van der Waals surface area contributed by atoms with Crippen LogP contribution in [-0.2, 0) is 18.2 Å². The van der Waals surface area contributed by atoms with Crippen LogP contribution in [0.15, 0.2) is 12.4 Å². The lowest BCUT2D eigenvalue weighted by Gasteiger charge is -2.36. The van der Waals surface area contributed by atoms with Gasteiger partial charge in [0.05, 0.1) is 12.1 Å². The maximum atomic E-state index is 12.7. The molecular formula is C18H30N4O2. The molecule has 3 rings (SSSR count). The van der Waals surface area contributed by atoms with Gasteiger partial charge in [-0.15, -0.1) is 0 Å². The molecule has 3 atom stereocenters. The molecular weight excluding hydrogens is 304 g/mol. The van der Waals surface area contributed by atoms with E-state index in [-0.39, 0.29) is 18.2 Å². The average molecular weight is 334 g/mol. The maximum absolute atomic E-state index is 12.7. The number of piperidine rings is 1. The molecule has 1 saturated heterocycles. The molecule has 0 radical (unpaired) electrons. The molecule has 1 aromatic heterocycles. The van der Waals surface area contributed by atoms with Crippen LogP contribution < -0.4 is 5.32 Å². The normalized spacial score (nSPS) is 27.9. The molecule has 1 aromatic rings. The molecule has 2 heterocycles. The number of carbonyl (C=O) groups excluding carboxylic acids is 1. The zero-order chi connectivity index (χ0) is 16.9. The van der Waals surface area contributed by atoms with Crippen molar-refractivity contribution in [3.63, 3.8) is 0 Å². The Balaban J connectivity index is 1.53. The first-order chi connectivity index (χ1) is 11.7. The number of hydrogen-bond donors (Lipinski definition) is 1. The van der Waals surface area contributed by atoms with Gasteiger partial charge in [-0.3, -0.25) is 0 Å². The van der Waals surface area contributed by atoms with Crippen molar-refractivity contribution in [3.05, 3.63) is 18.2 Å². The minimum Gasteiger partial charge on any atom is -0.379 e. The van der Waals surface area contributed by atoms with E-state index in [0.29, 0.717) is 5.92 Å². The van der Waals surface area contributed by atoms with Gasteiger partial charge in [-0.2, -0.15) is 0 Å². The van der Waals surface area contributed by atoms with Crippen molar-refractivity contribution < 1.29 is 9.53 Å². The summed E-state index contributed by atoms with van der Waals surface area (Å²) >= 11 is 0. The fraction of sp³-hybridized carbons (Fsp3) is 0.778. The molecule has 2 fully saturated rings. The standard InChI is InChI=1S/C18H30N4O2/c1-21-11-9-19-17(21)12-14-6-5-10-22(13-14)18(23)20-15-7-3-4-8-16(15)24-2/h9,11,14-16H,3-8,10,12-13H2,1-2H3,(H,20,23). The first-order valence-electron chi connectivity index (χ1n) is 9.22. The van der Waals surface area contributed by atoms with Crippen molar-refractivity contribution in [1.29, 1.82) is 0 Å². The second-order valence-electron chi connectivity index (χ2n) is 7.23. The molecule has 1 aliphatic heterocycles. The molecule has 0 aromatic carbocycles. The van der Waals surface area contributed by atoms with Gasteiger partial charge in [0, 0.05) is 46.1 Å². The van der Waals surface area contributed by atoms with E-state index in [1.165, 1.54) is 19.3 Å². The molecule has 2 amide bonds. The second-order valence-corrected chi connectivity index (χ2v) is 7.23. The van der Waals surface area contributed by atoms with Gasteiger partial charge in [0.15, 0.2) is 0 Å². The summed E-state index contributed by atoms with van der Waals surface area (Å²) in [5, 5.41) is 3.22. The zero-order valence-electron chi connectivity index (χ0n) is 14.9. The summed E-state index contributed by atoms with van der Waals surface area (Å²) in [6.07, 6.45) is 11.6. The van der Waals surface area contributed by atoms with Gasteiger partial charge >= 0.3 is 6.03 Å². The maximum Gasteiger partial charge on any atom is 0.317 e. The van der Waals surface area contributed by atoms with Gasteiger partial charge in [0.2, 0.25) is 0 Å². The fourth-order valence-corrected chi connectivity index (χ4v) is 4.06. The molecule has 1 aliphatic carbocycles. The molecule has 134 valence electrons. The van der Waals surface area contributed by atoms with Crippen molar-refractivity contribution in [2.75, 3.05) is 20.2 Å². The van der Waals surface area contributed by atoms with Crippen LogP contribution >= 0.6 is 0 Å². The number of nitrogens with zero attached hydrogens (tertiary/aromatic N) is 3. The number of carbonyl (C=O) groups is 1. The first kappa shape index (κ1) is 17.3. The number of amides is 2. The molecule has 3 unspecified atom stereocenters. The summed E-state index contributed by atoms with van der Waals surface area (Å²) in [4.78, 5) is 19.1. The summed E-state index contributed by atoms with van der Waals surface area (Å²) in [6, 6.07) is 0.236. The summed E-state index contributed by atoms with van der Waals surface area (Å²) in [6.45, 7) is 1.68. The molecule has 0 bridgehead atoms. The summed E-state index contributed by atoms with van der Waals surface area (Å²) in [7, 11) is 3.78. The third-order valence-electron chi connectivity index (χ3n) is 5.51. The van der Waals surface area contributed by atoms with Gasteiger partial charge in [-0.25, -0.2) is 9.78 Å². The summed E-state index contributed by atoms with van der Waals surface area (Å²) in [5.74, 6) is 1.60. The highest BCUT2D eigenvalue weighted by Crippen LogP contribution is 2.23. The number of ether oxygens (including phenoxy) is 1. The number of rotatable bonds is 4. The van der Waals surface area contributed by atoms with Crippen LogP contribution in [0.1, 0.15) is 44.3 Å². The van der Waals surface area contributed by atoms with Crippen LogP contribution in [0.25, 0.3) is 0 Å². The van der Waals surface area contributed by atoms with Crippen molar-refractivity contribution in [1.82, 2.24) is 19.8 Å². The number of imidazole rings is 1. The summed E-state index contributed by atoms with van der Waals surface area (Å²) < 4.78 is 7.63. The average Bonchev–Trinajstić information content (AvgIpc) is 3.00. The number of likely N-dealkylation sites (tertiary alicyclic amines) is 1. The number of methoxy groups -OCH3 is 1. The Bertz CT molecular complexity index is 545. The molecule has 24 heavy (non-hydrogen) atoms. The lowest BCUT2D eigenvalue weighted by molar-refractivity contribution is 0.0421. The van der Waals surface area contributed by atoms with E-state index in [1.807, 2.05) is 24.3 Å². The molecule has 0 spiro atoms. The van der Waals surface area contributed by atoms with E-state index in [2.05, 4.69) is 14.9 Å². The Kier molecular flexibility index (Phi) is 5.76. The molecule has 6 heteroatoms. The van der Waals surface area contributed by atoms with Gasteiger partial charge < -0.3 is 19.5 Å². The predicted octanol–water partition coefficient (Wildman–Crippen LogP) is 2.34. The molecule has 1 saturated carbocycles. The predicted molar refractivity (Wildman–Crippen MR) is 92.8 cm³/mol. The monoisotopic (exact) mass is 334 g/mol. The number of urea groups is 1. The Labute approximate surface area is 144 Å². The first-order valence-corrected chi connectivity index (χ1v) is 9.22. The highest BCUT2D eigenvalue weighted by atomic mass is 16.5. The van der Waals surface area contributed by atoms with Gasteiger partial charge in [0.25, 0.3) is 0 Å². The molecule has 1 N–H and O–H groups in total. The molecule has 2 aliphatic rings. The SMILES string of the molecule is COC1CCCCC1NC(=O)N1CCCC(Cc2nccn2C)C1. The highest BCUT2D eigenvalue weighted by molar-refractivity contribution is 5.74. The van der Waals surface area contributed by atoms with E-state index in [4.69, 9.17) is 4.74 Å². The lowest BCUT2D eigenvalue weighted by Crippen LogP contribution is -2.53. The van der Waals surface area contributed by atoms with Crippen molar-refractivity contribution in [2.45, 2.75) is 57.1 Å². The highest BCUT2D eigenvalue weighted by Gasteiger charge is 2.30.